The fourth-order valence-electron chi connectivity index (χ4n) is 3.43. The molecular formula is C18H26N4O2S. The smallest absolute Gasteiger partial charge is 0.226 e. The molecule has 1 aliphatic carbocycles. The standard InChI is InChI=1S/C18H26N4O2S/c1-22(2)18(10-3-4-11-18)13-19-15(23)8-5-9-16-20-17(21-24-16)14-7-6-12-25-14/h6-7,12H,3-5,8-11,13H2,1-2H3,(H,19,23). The second kappa shape index (κ2) is 8.10. The van der Waals surface area contributed by atoms with Crippen molar-refractivity contribution in [3.05, 3.63) is 23.4 Å². The lowest BCUT2D eigenvalue weighted by Crippen LogP contribution is -2.50. The maximum atomic E-state index is 12.2. The molecule has 1 aliphatic rings. The molecule has 6 nitrogen and oxygen atoms in total. The molecule has 1 fully saturated rings. The van der Waals surface area contributed by atoms with E-state index in [2.05, 4.69) is 34.5 Å². The van der Waals surface area contributed by atoms with Gasteiger partial charge >= 0.3 is 0 Å². The Morgan fingerprint density at radius 2 is 2.20 bits per heavy atom. The van der Waals surface area contributed by atoms with Gasteiger partial charge in [0.25, 0.3) is 0 Å². The summed E-state index contributed by atoms with van der Waals surface area (Å²) in [5, 5.41) is 9.09. The van der Waals surface area contributed by atoms with Crippen molar-refractivity contribution in [3.63, 3.8) is 0 Å². The van der Waals surface area contributed by atoms with E-state index in [0.29, 0.717) is 31.0 Å². The molecule has 136 valence electrons. The molecule has 0 atom stereocenters. The van der Waals surface area contributed by atoms with Crippen LogP contribution in [0.2, 0.25) is 0 Å². The molecular weight excluding hydrogens is 336 g/mol. The molecule has 1 saturated carbocycles. The number of carbonyl (C=O) groups excluding carboxylic acids is 1. The highest BCUT2D eigenvalue weighted by Gasteiger charge is 2.35. The number of hydrogen-bond acceptors (Lipinski definition) is 6. The van der Waals surface area contributed by atoms with Crippen LogP contribution in [0, 0.1) is 0 Å². The molecule has 0 unspecified atom stereocenters. The molecule has 1 amide bonds. The third-order valence-corrected chi connectivity index (χ3v) is 5.97. The van der Waals surface area contributed by atoms with E-state index in [4.69, 9.17) is 4.52 Å². The Morgan fingerprint density at radius 1 is 1.40 bits per heavy atom. The van der Waals surface area contributed by atoms with Gasteiger partial charge in [-0.25, -0.2) is 0 Å². The van der Waals surface area contributed by atoms with E-state index in [1.165, 1.54) is 12.8 Å². The maximum absolute atomic E-state index is 12.2. The number of amides is 1. The van der Waals surface area contributed by atoms with Gasteiger partial charge in [-0.2, -0.15) is 4.98 Å². The van der Waals surface area contributed by atoms with E-state index >= 15 is 0 Å². The van der Waals surface area contributed by atoms with Crippen molar-refractivity contribution in [1.29, 1.82) is 0 Å². The normalized spacial score (nSPS) is 16.4. The summed E-state index contributed by atoms with van der Waals surface area (Å²) in [6.45, 7) is 0.738. The minimum absolute atomic E-state index is 0.103. The van der Waals surface area contributed by atoms with Crippen LogP contribution in [0.4, 0.5) is 0 Å². The molecule has 3 rings (SSSR count). The highest BCUT2D eigenvalue weighted by Crippen LogP contribution is 2.33. The van der Waals surface area contributed by atoms with Gasteiger partial charge in [0.2, 0.25) is 17.6 Å². The summed E-state index contributed by atoms with van der Waals surface area (Å²) in [5.41, 5.74) is 0.137. The predicted octanol–water partition coefficient (Wildman–Crippen LogP) is 3.11. The predicted molar refractivity (Wildman–Crippen MR) is 98.4 cm³/mol. The van der Waals surface area contributed by atoms with Crippen LogP contribution in [-0.4, -0.2) is 47.1 Å². The minimum atomic E-state index is 0.103. The number of nitrogens with zero attached hydrogens (tertiary/aromatic N) is 3. The van der Waals surface area contributed by atoms with Gasteiger partial charge in [0, 0.05) is 24.9 Å². The van der Waals surface area contributed by atoms with E-state index in [0.717, 1.165) is 24.3 Å². The highest BCUT2D eigenvalue weighted by atomic mass is 32.1. The molecule has 2 aromatic heterocycles. The van der Waals surface area contributed by atoms with Crippen LogP contribution in [0.3, 0.4) is 0 Å². The Hall–Kier alpha value is -1.73. The first-order valence-corrected chi connectivity index (χ1v) is 9.78. The maximum Gasteiger partial charge on any atom is 0.226 e. The lowest BCUT2D eigenvalue weighted by molar-refractivity contribution is -0.121. The van der Waals surface area contributed by atoms with Crippen LogP contribution in [0.5, 0.6) is 0 Å². The topological polar surface area (TPSA) is 71.3 Å². The molecule has 0 aliphatic heterocycles. The van der Waals surface area contributed by atoms with Crippen molar-refractivity contribution in [2.24, 2.45) is 0 Å². The number of thiophene rings is 1. The van der Waals surface area contributed by atoms with Crippen LogP contribution in [-0.2, 0) is 11.2 Å². The molecule has 0 spiro atoms. The average molecular weight is 362 g/mol. The van der Waals surface area contributed by atoms with Gasteiger partial charge < -0.3 is 14.7 Å². The third kappa shape index (κ3) is 4.46. The van der Waals surface area contributed by atoms with E-state index in [1.807, 2.05) is 17.5 Å². The van der Waals surface area contributed by atoms with Crippen LogP contribution in [0.15, 0.2) is 22.0 Å². The minimum Gasteiger partial charge on any atom is -0.354 e. The number of aromatic nitrogens is 2. The average Bonchev–Trinajstić information content (AvgIpc) is 3.33. The zero-order chi connectivity index (χ0) is 17.7. The molecule has 0 radical (unpaired) electrons. The molecule has 2 heterocycles. The summed E-state index contributed by atoms with van der Waals surface area (Å²) in [4.78, 5) is 19.8. The van der Waals surface area contributed by atoms with Crippen molar-refractivity contribution in [3.8, 4) is 10.7 Å². The van der Waals surface area contributed by atoms with Gasteiger partial charge in [0.1, 0.15) is 0 Å². The Morgan fingerprint density at radius 3 is 2.88 bits per heavy atom. The zero-order valence-electron chi connectivity index (χ0n) is 15.0. The molecule has 25 heavy (non-hydrogen) atoms. The van der Waals surface area contributed by atoms with Crippen LogP contribution >= 0.6 is 11.3 Å². The van der Waals surface area contributed by atoms with Gasteiger partial charge in [0.15, 0.2) is 0 Å². The molecule has 0 bridgehead atoms. The first-order valence-electron chi connectivity index (χ1n) is 8.90. The number of likely N-dealkylation sites (N-methyl/N-ethyl adjacent to an activating group) is 1. The monoisotopic (exact) mass is 362 g/mol. The van der Waals surface area contributed by atoms with Crippen molar-refractivity contribution >= 4 is 17.2 Å². The number of hydrogen-bond donors (Lipinski definition) is 1. The Bertz CT molecular complexity index is 675. The van der Waals surface area contributed by atoms with Crippen LogP contribution in [0.25, 0.3) is 10.7 Å². The summed E-state index contributed by atoms with van der Waals surface area (Å²) >= 11 is 1.59. The van der Waals surface area contributed by atoms with Gasteiger partial charge in [-0.3, -0.25) is 4.79 Å². The highest BCUT2D eigenvalue weighted by molar-refractivity contribution is 7.13. The summed E-state index contributed by atoms with van der Waals surface area (Å²) in [6.07, 6.45) is 6.65. The van der Waals surface area contributed by atoms with Crippen LogP contribution in [0.1, 0.15) is 44.4 Å². The molecule has 2 aromatic rings. The van der Waals surface area contributed by atoms with E-state index in [1.54, 1.807) is 11.3 Å². The van der Waals surface area contributed by atoms with E-state index in [-0.39, 0.29) is 11.4 Å². The Kier molecular flexibility index (Phi) is 5.86. The zero-order valence-corrected chi connectivity index (χ0v) is 15.8. The van der Waals surface area contributed by atoms with Crippen molar-refractivity contribution in [2.45, 2.75) is 50.5 Å². The van der Waals surface area contributed by atoms with E-state index < -0.39 is 0 Å². The summed E-state index contributed by atoms with van der Waals surface area (Å²) < 4.78 is 5.27. The van der Waals surface area contributed by atoms with Crippen molar-refractivity contribution < 1.29 is 9.32 Å². The van der Waals surface area contributed by atoms with Gasteiger partial charge in [0.05, 0.1) is 4.88 Å². The molecule has 0 aromatic carbocycles. The van der Waals surface area contributed by atoms with E-state index in [9.17, 15) is 4.79 Å². The Balaban J connectivity index is 1.41. The largest absolute Gasteiger partial charge is 0.354 e. The number of nitrogens with one attached hydrogen (secondary N) is 1. The first kappa shape index (κ1) is 18.1. The molecule has 1 N–H and O–H groups in total. The lowest BCUT2D eigenvalue weighted by atomic mass is 9.96. The fourth-order valence-corrected chi connectivity index (χ4v) is 4.08. The van der Waals surface area contributed by atoms with Gasteiger partial charge in [-0.1, -0.05) is 24.1 Å². The number of carbonyl (C=O) groups is 1. The van der Waals surface area contributed by atoms with Crippen molar-refractivity contribution in [2.75, 3.05) is 20.6 Å². The third-order valence-electron chi connectivity index (χ3n) is 5.10. The van der Waals surface area contributed by atoms with Crippen molar-refractivity contribution in [1.82, 2.24) is 20.4 Å². The fraction of sp³-hybridized carbons (Fsp3) is 0.611. The number of rotatable bonds is 8. The second-order valence-corrected chi connectivity index (χ2v) is 7.89. The lowest BCUT2D eigenvalue weighted by Gasteiger charge is -2.36. The summed E-state index contributed by atoms with van der Waals surface area (Å²) in [7, 11) is 4.22. The quantitative estimate of drug-likeness (QED) is 0.781. The molecule has 0 saturated heterocycles. The summed E-state index contributed by atoms with van der Waals surface area (Å²) in [5.74, 6) is 1.33. The summed E-state index contributed by atoms with van der Waals surface area (Å²) in [6, 6.07) is 3.93. The van der Waals surface area contributed by atoms with Gasteiger partial charge in [-0.15, -0.1) is 11.3 Å². The van der Waals surface area contributed by atoms with Gasteiger partial charge in [-0.05, 0) is 44.8 Å². The van der Waals surface area contributed by atoms with Crippen LogP contribution < -0.4 is 5.32 Å². The second-order valence-electron chi connectivity index (χ2n) is 6.95. The Labute approximate surface area is 152 Å². The number of aryl methyl sites for hydroxylation is 1. The molecule has 7 heteroatoms. The first-order chi connectivity index (χ1) is 12.1. The SMILES string of the molecule is CN(C)C1(CNC(=O)CCCc2nc(-c3cccs3)no2)CCCC1.